The van der Waals surface area contributed by atoms with Gasteiger partial charge in [-0.2, -0.15) is 4.68 Å². The first-order valence-electron chi connectivity index (χ1n) is 8.30. The lowest BCUT2D eigenvalue weighted by molar-refractivity contribution is 0.158. The molecule has 0 amide bonds. The van der Waals surface area contributed by atoms with Crippen LogP contribution in [-0.4, -0.2) is 34.4 Å². The van der Waals surface area contributed by atoms with Gasteiger partial charge in [0.05, 0.1) is 11.4 Å². The molecule has 1 aliphatic rings. The number of sulfonamides is 1. The fourth-order valence-corrected chi connectivity index (χ4v) is 4.65. The van der Waals surface area contributed by atoms with Gasteiger partial charge >= 0.3 is 0 Å². The smallest absolute Gasteiger partial charge is 0.232 e. The monoisotopic (exact) mass is 367 g/mol. The fraction of sp³-hybridized carbons (Fsp3) is 0.562. The number of anilines is 1. The molecule has 0 bridgehead atoms. The van der Waals surface area contributed by atoms with Crippen molar-refractivity contribution in [3.8, 4) is 5.69 Å². The van der Waals surface area contributed by atoms with Gasteiger partial charge in [-0.1, -0.05) is 13.8 Å². The maximum absolute atomic E-state index is 14.0. The van der Waals surface area contributed by atoms with Gasteiger partial charge in [-0.15, -0.1) is 5.10 Å². The van der Waals surface area contributed by atoms with Crippen LogP contribution in [0, 0.1) is 30.5 Å². The first kappa shape index (κ1) is 17.8. The van der Waals surface area contributed by atoms with E-state index in [4.69, 9.17) is 0 Å². The molecule has 1 N–H and O–H groups in total. The summed E-state index contributed by atoms with van der Waals surface area (Å²) in [5, 5.41) is 10.9. The van der Waals surface area contributed by atoms with Gasteiger partial charge in [0.15, 0.2) is 5.82 Å². The molecule has 2 aromatic rings. The molecule has 1 aromatic carbocycles. The molecule has 9 heteroatoms. The zero-order valence-corrected chi connectivity index (χ0v) is 15.3. The number of hydrogen-bond acceptors (Lipinski definition) is 5. The van der Waals surface area contributed by atoms with E-state index in [0.717, 1.165) is 12.8 Å². The van der Waals surface area contributed by atoms with Gasteiger partial charge < -0.3 is 0 Å². The van der Waals surface area contributed by atoms with E-state index >= 15 is 0 Å². The van der Waals surface area contributed by atoms with E-state index in [9.17, 15) is 12.8 Å². The van der Waals surface area contributed by atoms with Gasteiger partial charge in [-0.3, -0.25) is 4.72 Å². The van der Waals surface area contributed by atoms with Gasteiger partial charge in [-0.25, -0.2) is 12.8 Å². The second-order valence-electron chi connectivity index (χ2n) is 7.03. The number of tetrazole rings is 1. The van der Waals surface area contributed by atoms with Gasteiger partial charge in [0, 0.05) is 0 Å². The summed E-state index contributed by atoms with van der Waals surface area (Å²) in [5.74, 6) is 1.36. The molecule has 1 aromatic heterocycles. The predicted molar refractivity (Wildman–Crippen MR) is 92.3 cm³/mol. The van der Waals surface area contributed by atoms with Crippen LogP contribution in [0.4, 0.5) is 10.1 Å². The van der Waals surface area contributed by atoms with Crippen molar-refractivity contribution >= 4 is 15.7 Å². The van der Waals surface area contributed by atoms with Crippen molar-refractivity contribution in [2.24, 2.45) is 17.8 Å². The van der Waals surface area contributed by atoms with Crippen molar-refractivity contribution in [3.05, 3.63) is 29.8 Å². The van der Waals surface area contributed by atoms with E-state index in [-0.39, 0.29) is 17.4 Å². The Bertz CT molecular complexity index is 859. The minimum Gasteiger partial charge on any atom is -0.283 e. The summed E-state index contributed by atoms with van der Waals surface area (Å²) in [6.45, 7) is 5.96. The Morgan fingerprint density at radius 3 is 2.68 bits per heavy atom. The van der Waals surface area contributed by atoms with Crippen LogP contribution in [0.25, 0.3) is 5.69 Å². The summed E-state index contributed by atoms with van der Waals surface area (Å²) < 4.78 is 42.6. The normalized spacial score (nSPS) is 20.5. The maximum atomic E-state index is 14.0. The lowest BCUT2D eigenvalue weighted by Crippen LogP contribution is -2.34. The zero-order valence-electron chi connectivity index (χ0n) is 14.5. The minimum absolute atomic E-state index is 0.0901. The summed E-state index contributed by atoms with van der Waals surface area (Å²) in [6, 6.07) is 3.99. The van der Waals surface area contributed by atoms with E-state index in [1.807, 2.05) is 0 Å². The van der Waals surface area contributed by atoms with Crippen LogP contribution >= 0.6 is 0 Å². The highest BCUT2D eigenvalue weighted by Gasteiger charge is 2.34. The average molecular weight is 367 g/mol. The first-order chi connectivity index (χ1) is 11.7. The van der Waals surface area contributed by atoms with Crippen LogP contribution in [-0.2, 0) is 10.0 Å². The van der Waals surface area contributed by atoms with Crippen LogP contribution < -0.4 is 4.72 Å². The molecule has 25 heavy (non-hydrogen) atoms. The van der Waals surface area contributed by atoms with Crippen molar-refractivity contribution in [3.63, 3.8) is 0 Å². The molecule has 3 rings (SSSR count). The Morgan fingerprint density at radius 2 is 2.08 bits per heavy atom. The third-order valence-corrected chi connectivity index (χ3v) is 6.20. The van der Waals surface area contributed by atoms with Crippen LogP contribution in [0.1, 0.15) is 32.5 Å². The topological polar surface area (TPSA) is 89.8 Å². The van der Waals surface area contributed by atoms with Crippen molar-refractivity contribution < 1.29 is 12.8 Å². The molecular formula is C16H22FN5O2S. The van der Waals surface area contributed by atoms with Gasteiger partial charge in [0.1, 0.15) is 11.5 Å². The summed E-state index contributed by atoms with van der Waals surface area (Å²) in [5.41, 5.74) is 0.400. The SMILES string of the molecule is Cc1nnnn1-c1cc(NS(=O)(=O)CC2CC(C(C)C)C2)ccc1F. The highest BCUT2D eigenvalue weighted by Crippen LogP contribution is 2.39. The molecule has 0 spiro atoms. The quantitative estimate of drug-likeness (QED) is 0.847. The summed E-state index contributed by atoms with van der Waals surface area (Å²) in [6.07, 6.45) is 1.88. The Hall–Kier alpha value is -2.03. The summed E-state index contributed by atoms with van der Waals surface area (Å²) in [4.78, 5) is 0. The van der Waals surface area contributed by atoms with E-state index in [1.165, 1.54) is 22.9 Å². The molecule has 7 nitrogen and oxygen atoms in total. The van der Waals surface area contributed by atoms with E-state index in [2.05, 4.69) is 34.1 Å². The van der Waals surface area contributed by atoms with Crippen LogP contribution in [0.2, 0.25) is 0 Å². The Balaban J connectivity index is 1.72. The molecular weight excluding hydrogens is 345 g/mol. The molecule has 0 aliphatic heterocycles. The fourth-order valence-electron chi connectivity index (χ4n) is 3.19. The molecule has 1 fully saturated rings. The summed E-state index contributed by atoms with van der Waals surface area (Å²) in [7, 11) is -3.49. The molecule has 0 unspecified atom stereocenters. The van der Waals surface area contributed by atoms with Crippen molar-refractivity contribution in [1.29, 1.82) is 0 Å². The first-order valence-corrected chi connectivity index (χ1v) is 9.96. The van der Waals surface area contributed by atoms with Crippen LogP contribution in [0.15, 0.2) is 18.2 Å². The van der Waals surface area contributed by atoms with Crippen LogP contribution in [0.3, 0.4) is 0 Å². The average Bonchev–Trinajstić information content (AvgIpc) is 2.90. The molecule has 0 atom stereocenters. The second kappa shape index (κ2) is 6.70. The van der Waals surface area contributed by atoms with E-state index in [1.54, 1.807) is 6.92 Å². The van der Waals surface area contributed by atoms with E-state index in [0.29, 0.717) is 23.3 Å². The third kappa shape index (κ3) is 3.97. The predicted octanol–water partition coefficient (Wildman–Crippen LogP) is 2.53. The Labute approximate surface area is 146 Å². The van der Waals surface area contributed by atoms with Gasteiger partial charge in [-0.05, 0) is 66.1 Å². The number of nitrogens with one attached hydrogen (secondary N) is 1. The molecule has 1 saturated carbocycles. The maximum Gasteiger partial charge on any atom is 0.232 e. The number of aryl methyl sites for hydroxylation is 1. The molecule has 136 valence electrons. The highest BCUT2D eigenvalue weighted by molar-refractivity contribution is 7.92. The third-order valence-electron chi connectivity index (χ3n) is 4.74. The number of hydrogen-bond donors (Lipinski definition) is 1. The number of benzene rings is 1. The van der Waals surface area contributed by atoms with E-state index < -0.39 is 15.8 Å². The minimum atomic E-state index is -3.49. The molecule has 0 radical (unpaired) electrons. The molecule has 1 aliphatic carbocycles. The Kier molecular flexibility index (Phi) is 4.77. The van der Waals surface area contributed by atoms with Crippen LogP contribution in [0.5, 0.6) is 0 Å². The highest BCUT2D eigenvalue weighted by atomic mass is 32.2. The standard InChI is InChI=1S/C16H22FN5O2S/c1-10(2)13-6-12(7-13)9-25(23,24)19-14-4-5-15(17)16(8-14)22-11(3)18-20-21-22/h4-5,8,10,12-13,19H,6-7,9H2,1-3H3. The lowest BCUT2D eigenvalue weighted by atomic mass is 9.70. The van der Waals surface area contributed by atoms with Gasteiger partial charge in [0.2, 0.25) is 10.0 Å². The Morgan fingerprint density at radius 1 is 1.36 bits per heavy atom. The number of aromatic nitrogens is 4. The molecule has 0 saturated heterocycles. The second-order valence-corrected chi connectivity index (χ2v) is 8.80. The lowest BCUT2D eigenvalue weighted by Gasteiger charge is -2.37. The van der Waals surface area contributed by atoms with Gasteiger partial charge in [0.25, 0.3) is 0 Å². The zero-order chi connectivity index (χ0) is 18.2. The number of rotatable bonds is 6. The van der Waals surface area contributed by atoms with Crippen molar-refractivity contribution in [2.45, 2.75) is 33.6 Å². The largest absolute Gasteiger partial charge is 0.283 e. The summed E-state index contributed by atoms with van der Waals surface area (Å²) >= 11 is 0. The molecule has 1 heterocycles. The number of halogens is 1. The van der Waals surface area contributed by atoms with Crippen molar-refractivity contribution in [2.75, 3.05) is 10.5 Å². The van der Waals surface area contributed by atoms with Crippen molar-refractivity contribution in [1.82, 2.24) is 20.2 Å². The number of nitrogens with zero attached hydrogens (tertiary/aromatic N) is 4.